The molecule has 8 rings (SSSR count). The summed E-state index contributed by atoms with van der Waals surface area (Å²) in [7, 11) is 0. The second kappa shape index (κ2) is 7.58. The van der Waals surface area contributed by atoms with Crippen LogP contribution in [0.15, 0.2) is 18.3 Å². The Bertz CT molecular complexity index is 1380. The number of imidazole rings is 1. The summed E-state index contributed by atoms with van der Waals surface area (Å²) >= 11 is 6.48. The number of fused-ring (bicyclic) bond motifs is 3. The minimum atomic E-state index is -0.867. The van der Waals surface area contributed by atoms with Crippen LogP contribution in [-0.2, 0) is 14.9 Å². The fraction of sp³-hybridized carbons (Fsp3) is 0.560. The van der Waals surface area contributed by atoms with Gasteiger partial charge in [-0.1, -0.05) is 11.6 Å². The zero-order chi connectivity index (χ0) is 25.0. The maximum atomic E-state index is 15.4. The van der Waals surface area contributed by atoms with Gasteiger partial charge in [0.05, 0.1) is 46.8 Å². The first-order chi connectivity index (χ1) is 17.1. The minimum absolute atomic E-state index is 0.0500. The van der Waals surface area contributed by atoms with Crippen LogP contribution in [-0.4, -0.2) is 66.5 Å². The van der Waals surface area contributed by atoms with Crippen molar-refractivity contribution in [2.75, 3.05) is 11.9 Å². The van der Waals surface area contributed by atoms with Crippen LogP contribution in [0, 0.1) is 5.82 Å². The summed E-state index contributed by atoms with van der Waals surface area (Å²) in [4.78, 5) is 13.6. The van der Waals surface area contributed by atoms with E-state index in [0.717, 1.165) is 5.82 Å². The minimum Gasteiger partial charge on any atom is -0.390 e. The number of nitrogens with zero attached hydrogens (tertiary/aromatic N) is 4. The number of hydrogen-bond donors (Lipinski definition) is 3. The monoisotopic (exact) mass is 515 g/mol. The molecule has 3 N–H and O–H groups in total. The van der Waals surface area contributed by atoms with E-state index in [-0.39, 0.29) is 34.6 Å². The topological polar surface area (TPSA) is 115 Å². The van der Waals surface area contributed by atoms with E-state index in [1.165, 1.54) is 12.3 Å². The van der Waals surface area contributed by atoms with Crippen molar-refractivity contribution in [2.45, 2.75) is 81.1 Å². The molecule has 4 atom stereocenters. The zero-order valence-electron chi connectivity index (χ0n) is 19.9. The van der Waals surface area contributed by atoms with Crippen LogP contribution < -0.4 is 5.32 Å². The SMILES string of the molecule is CC(C)n1c(C23CC(O)(C2)C3)nc2c(F)cc(-c3nc(N[C@@H]4C[C@H]5CO[C@H](O5)[C@H]4O)ncc3Cl)cc21. The molecular formula is C25H27ClFN5O4. The molecule has 5 fully saturated rings. The van der Waals surface area contributed by atoms with Crippen LogP contribution in [0.25, 0.3) is 22.3 Å². The van der Waals surface area contributed by atoms with E-state index in [4.69, 9.17) is 26.1 Å². The summed E-state index contributed by atoms with van der Waals surface area (Å²) in [5, 5.41) is 24.3. The van der Waals surface area contributed by atoms with Gasteiger partial charge in [-0.05, 0) is 51.7 Å². The summed E-state index contributed by atoms with van der Waals surface area (Å²) in [6, 6.07) is 2.96. The van der Waals surface area contributed by atoms with E-state index in [9.17, 15) is 10.2 Å². The number of aliphatic hydroxyl groups is 2. The molecule has 36 heavy (non-hydrogen) atoms. The van der Waals surface area contributed by atoms with Gasteiger partial charge in [-0.15, -0.1) is 0 Å². The fourth-order valence-electron chi connectivity index (χ4n) is 6.49. The first kappa shape index (κ1) is 22.8. The van der Waals surface area contributed by atoms with Crippen LogP contribution >= 0.6 is 11.6 Å². The van der Waals surface area contributed by atoms with Gasteiger partial charge in [-0.3, -0.25) is 0 Å². The Hall–Kier alpha value is -2.37. The molecule has 11 heteroatoms. The van der Waals surface area contributed by atoms with Gasteiger partial charge in [0.15, 0.2) is 12.1 Å². The van der Waals surface area contributed by atoms with Gasteiger partial charge in [-0.25, -0.2) is 19.3 Å². The summed E-state index contributed by atoms with van der Waals surface area (Å²) in [6.45, 7) is 4.54. The van der Waals surface area contributed by atoms with Gasteiger partial charge in [0.1, 0.15) is 17.4 Å². The third-order valence-electron chi connectivity index (χ3n) is 8.05. The molecule has 2 aliphatic heterocycles. The zero-order valence-corrected chi connectivity index (χ0v) is 20.7. The number of benzene rings is 1. The lowest BCUT2D eigenvalue weighted by Gasteiger charge is -2.67. The Morgan fingerprint density at radius 3 is 2.75 bits per heavy atom. The van der Waals surface area contributed by atoms with Crippen LogP contribution in [0.3, 0.4) is 0 Å². The van der Waals surface area contributed by atoms with Gasteiger partial charge < -0.3 is 29.6 Å². The normalized spacial score (nSPS) is 34.6. The molecule has 190 valence electrons. The first-order valence-corrected chi connectivity index (χ1v) is 12.7. The lowest BCUT2D eigenvalue weighted by molar-refractivity contribution is -0.217. The molecule has 9 nitrogen and oxygen atoms in total. The summed E-state index contributed by atoms with van der Waals surface area (Å²) in [5.41, 5.74) is 1.12. The highest BCUT2D eigenvalue weighted by molar-refractivity contribution is 6.33. The quantitative estimate of drug-likeness (QED) is 0.474. The number of ether oxygens (including phenoxy) is 2. The van der Waals surface area contributed by atoms with E-state index >= 15 is 4.39 Å². The van der Waals surface area contributed by atoms with Gasteiger partial charge >= 0.3 is 0 Å². The van der Waals surface area contributed by atoms with Crippen molar-refractivity contribution in [1.82, 2.24) is 19.5 Å². The number of halogens is 2. The average molecular weight is 516 g/mol. The molecule has 5 aliphatic rings. The highest BCUT2D eigenvalue weighted by atomic mass is 35.5. The third-order valence-corrected chi connectivity index (χ3v) is 8.33. The second-order valence-corrected chi connectivity index (χ2v) is 11.5. The largest absolute Gasteiger partial charge is 0.390 e. The number of hydrogen-bond acceptors (Lipinski definition) is 8. The molecule has 3 saturated carbocycles. The Labute approximate surface area is 211 Å². The predicted octanol–water partition coefficient (Wildman–Crippen LogP) is 3.32. The van der Waals surface area contributed by atoms with Gasteiger partial charge in [0, 0.05) is 17.0 Å². The van der Waals surface area contributed by atoms with E-state index in [0.29, 0.717) is 54.6 Å². The summed E-state index contributed by atoms with van der Waals surface area (Å²) < 4.78 is 28.6. The smallest absolute Gasteiger partial charge is 0.223 e. The molecule has 2 saturated heterocycles. The van der Waals surface area contributed by atoms with Crippen LogP contribution in [0.4, 0.5) is 10.3 Å². The lowest BCUT2D eigenvalue weighted by Crippen LogP contribution is -2.70. The highest BCUT2D eigenvalue weighted by Crippen LogP contribution is 2.67. The number of aliphatic hydroxyl groups excluding tert-OH is 1. The van der Waals surface area contributed by atoms with E-state index in [1.54, 1.807) is 0 Å². The van der Waals surface area contributed by atoms with Crippen molar-refractivity contribution in [3.05, 3.63) is 35.0 Å². The standard InChI is InChI=1S/C25H27ClFN5O4/c1-11(2)32-17-4-12(3-15(27)19(17)30-22(32)24-8-25(34,9-24)10-24)18-14(26)6-28-23(31-18)29-16-5-13-7-35-21(36-13)20(16)33/h3-4,6,11,13,16,20-21,33-34H,5,7-10H2,1-2H3,(H,28,29,31)/t13-,16+,20-,21+,24?,25?/m0/s1. The van der Waals surface area contributed by atoms with Crippen molar-refractivity contribution < 1.29 is 24.1 Å². The highest BCUT2D eigenvalue weighted by Gasteiger charge is 2.70. The third kappa shape index (κ3) is 3.24. The Morgan fingerprint density at radius 2 is 2.03 bits per heavy atom. The average Bonchev–Trinajstić information content (AvgIpc) is 3.38. The van der Waals surface area contributed by atoms with Gasteiger partial charge in [0.2, 0.25) is 5.95 Å². The summed E-state index contributed by atoms with van der Waals surface area (Å²) in [6.07, 6.45) is 2.40. The number of nitrogens with one attached hydrogen (secondary N) is 1. The van der Waals surface area contributed by atoms with Crippen molar-refractivity contribution in [3.63, 3.8) is 0 Å². The number of aromatic nitrogens is 4. The van der Waals surface area contributed by atoms with E-state index < -0.39 is 23.8 Å². The van der Waals surface area contributed by atoms with Crippen molar-refractivity contribution in [1.29, 1.82) is 0 Å². The number of anilines is 1. The van der Waals surface area contributed by atoms with Gasteiger partial charge in [-0.2, -0.15) is 0 Å². The lowest BCUT2D eigenvalue weighted by atomic mass is 9.41. The fourth-order valence-corrected chi connectivity index (χ4v) is 6.69. The molecule has 3 aromatic rings. The Morgan fingerprint density at radius 1 is 1.25 bits per heavy atom. The molecule has 0 amide bonds. The van der Waals surface area contributed by atoms with Crippen LogP contribution in [0.1, 0.15) is 51.4 Å². The molecular weight excluding hydrogens is 489 g/mol. The van der Waals surface area contributed by atoms with Gasteiger partial charge in [0.25, 0.3) is 0 Å². The summed E-state index contributed by atoms with van der Waals surface area (Å²) in [5.74, 6) is 0.660. The molecule has 0 unspecified atom stereocenters. The maximum Gasteiger partial charge on any atom is 0.223 e. The van der Waals surface area contributed by atoms with E-state index in [2.05, 4.69) is 19.9 Å². The van der Waals surface area contributed by atoms with Crippen molar-refractivity contribution in [3.8, 4) is 11.3 Å². The maximum absolute atomic E-state index is 15.4. The van der Waals surface area contributed by atoms with Crippen LogP contribution in [0.2, 0.25) is 5.02 Å². The van der Waals surface area contributed by atoms with E-state index in [1.807, 2.05) is 19.9 Å². The predicted molar refractivity (Wildman–Crippen MR) is 129 cm³/mol. The Balaban J connectivity index is 1.27. The second-order valence-electron chi connectivity index (χ2n) is 11.1. The van der Waals surface area contributed by atoms with Crippen LogP contribution in [0.5, 0.6) is 0 Å². The Kier molecular flexibility index (Phi) is 4.80. The molecule has 0 radical (unpaired) electrons. The molecule has 2 aromatic heterocycles. The van der Waals surface area contributed by atoms with Crippen molar-refractivity contribution >= 4 is 28.6 Å². The molecule has 4 heterocycles. The molecule has 0 spiro atoms. The molecule has 1 aromatic carbocycles. The first-order valence-electron chi connectivity index (χ1n) is 12.3. The van der Waals surface area contributed by atoms with Crippen molar-refractivity contribution in [2.24, 2.45) is 0 Å². The molecule has 4 bridgehead atoms. The molecule has 3 aliphatic carbocycles. The number of rotatable bonds is 5.